The molecule has 0 bridgehead atoms. The van der Waals surface area contributed by atoms with Crippen molar-refractivity contribution in [2.24, 2.45) is 0 Å². The van der Waals surface area contributed by atoms with Gasteiger partial charge in [0.05, 0.1) is 0 Å². The number of carbonyl (C=O) groups excluding carboxylic acids is 1. The van der Waals surface area contributed by atoms with E-state index in [0.29, 0.717) is 17.1 Å². The lowest BCUT2D eigenvalue weighted by Gasteiger charge is -2.07. The number of Topliss-reactive ketones (excluding diaryl/α,β-unsaturated/α-hetero) is 1. The van der Waals surface area contributed by atoms with Gasteiger partial charge >= 0.3 is 0 Å². The van der Waals surface area contributed by atoms with Crippen LogP contribution in [0.1, 0.15) is 10.4 Å². The zero-order valence-corrected chi connectivity index (χ0v) is 12.5. The third-order valence-electron chi connectivity index (χ3n) is 3.27. The summed E-state index contributed by atoms with van der Waals surface area (Å²) < 4.78 is 11.2. The lowest BCUT2D eigenvalue weighted by atomic mass is 10.1. The molecule has 0 aromatic heterocycles. The number of hydrogen-bond acceptors (Lipinski definition) is 3. The largest absolute Gasteiger partial charge is 0.485 e. The first-order valence-corrected chi connectivity index (χ1v) is 7.35. The average molecular weight is 304 g/mol. The van der Waals surface area contributed by atoms with Crippen molar-refractivity contribution >= 4 is 5.78 Å². The highest BCUT2D eigenvalue weighted by molar-refractivity contribution is 5.97. The molecule has 23 heavy (non-hydrogen) atoms. The molecular weight excluding hydrogens is 288 g/mol. The molecule has 3 nitrogen and oxygen atoms in total. The van der Waals surface area contributed by atoms with Crippen LogP contribution >= 0.6 is 0 Å². The number of rotatable bonds is 6. The van der Waals surface area contributed by atoms with E-state index >= 15 is 0 Å². The van der Waals surface area contributed by atoms with Crippen LogP contribution in [0, 0.1) is 0 Å². The molecule has 0 radical (unpaired) electrons. The van der Waals surface area contributed by atoms with Crippen LogP contribution in [0.2, 0.25) is 0 Å². The molecule has 0 heterocycles. The molecule has 0 aliphatic carbocycles. The Morgan fingerprint density at radius 2 is 1.17 bits per heavy atom. The van der Waals surface area contributed by atoms with Crippen molar-refractivity contribution in [3.63, 3.8) is 0 Å². The smallest absolute Gasteiger partial charge is 0.200 e. The summed E-state index contributed by atoms with van der Waals surface area (Å²) in [6.45, 7) is 0.0168. The van der Waals surface area contributed by atoms with E-state index in [2.05, 4.69) is 0 Å². The van der Waals surface area contributed by atoms with E-state index in [1.54, 1.807) is 24.3 Å². The lowest BCUT2D eigenvalue weighted by molar-refractivity contribution is 0.0921. The summed E-state index contributed by atoms with van der Waals surface area (Å²) in [5.74, 6) is 2.07. The topological polar surface area (TPSA) is 35.5 Å². The second-order valence-corrected chi connectivity index (χ2v) is 4.96. The van der Waals surface area contributed by atoms with Gasteiger partial charge in [0.1, 0.15) is 17.2 Å². The molecule has 3 rings (SSSR count). The van der Waals surface area contributed by atoms with Crippen molar-refractivity contribution in [1.29, 1.82) is 0 Å². The summed E-state index contributed by atoms with van der Waals surface area (Å²) in [6.07, 6.45) is 0. The highest BCUT2D eigenvalue weighted by Gasteiger charge is 2.07. The number of benzene rings is 3. The van der Waals surface area contributed by atoms with E-state index in [0.717, 1.165) is 5.75 Å². The predicted molar refractivity (Wildman–Crippen MR) is 89.2 cm³/mol. The molecule has 0 spiro atoms. The van der Waals surface area contributed by atoms with Crippen LogP contribution in [-0.2, 0) is 0 Å². The van der Waals surface area contributed by atoms with Crippen molar-refractivity contribution in [2.75, 3.05) is 6.61 Å². The molecular formula is C20H16O3. The van der Waals surface area contributed by atoms with Gasteiger partial charge < -0.3 is 9.47 Å². The van der Waals surface area contributed by atoms with E-state index in [1.165, 1.54) is 0 Å². The third-order valence-corrected chi connectivity index (χ3v) is 3.27. The van der Waals surface area contributed by atoms with Crippen LogP contribution in [-0.4, -0.2) is 12.4 Å². The number of ether oxygens (including phenoxy) is 2. The van der Waals surface area contributed by atoms with Gasteiger partial charge in [0.25, 0.3) is 0 Å². The second kappa shape index (κ2) is 7.27. The van der Waals surface area contributed by atoms with Crippen molar-refractivity contribution in [2.45, 2.75) is 0 Å². The first kappa shape index (κ1) is 14.9. The fourth-order valence-corrected chi connectivity index (χ4v) is 2.08. The molecule has 0 aliphatic heterocycles. The fourth-order valence-electron chi connectivity index (χ4n) is 2.08. The standard InChI is InChI=1S/C20H16O3/c21-20(15-22-17-7-3-1-4-8-17)16-11-13-19(14-12-16)23-18-9-5-2-6-10-18/h1-14H,15H2. The van der Waals surface area contributed by atoms with Gasteiger partial charge in [-0.1, -0.05) is 36.4 Å². The molecule has 0 fully saturated rings. The molecule has 0 saturated carbocycles. The van der Waals surface area contributed by atoms with Gasteiger partial charge in [-0.25, -0.2) is 0 Å². The predicted octanol–water partition coefficient (Wildman–Crippen LogP) is 4.74. The summed E-state index contributed by atoms with van der Waals surface area (Å²) in [5, 5.41) is 0. The molecule has 114 valence electrons. The van der Waals surface area contributed by atoms with E-state index in [1.807, 2.05) is 60.7 Å². The third kappa shape index (κ3) is 4.20. The summed E-state index contributed by atoms with van der Waals surface area (Å²) >= 11 is 0. The van der Waals surface area contributed by atoms with Crippen molar-refractivity contribution < 1.29 is 14.3 Å². The van der Waals surface area contributed by atoms with Crippen LogP contribution in [0.3, 0.4) is 0 Å². The van der Waals surface area contributed by atoms with Crippen molar-refractivity contribution in [3.05, 3.63) is 90.5 Å². The maximum Gasteiger partial charge on any atom is 0.200 e. The molecule has 0 amide bonds. The molecule has 0 atom stereocenters. The Morgan fingerprint density at radius 3 is 1.78 bits per heavy atom. The number of para-hydroxylation sites is 2. The van der Waals surface area contributed by atoms with Crippen molar-refractivity contribution in [3.8, 4) is 17.2 Å². The van der Waals surface area contributed by atoms with Gasteiger partial charge in [0, 0.05) is 5.56 Å². The minimum absolute atomic E-state index is 0.0168. The maximum atomic E-state index is 12.1. The SMILES string of the molecule is O=C(COc1ccccc1)c1ccc(Oc2ccccc2)cc1. The summed E-state index contributed by atoms with van der Waals surface area (Å²) in [4.78, 5) is 12.1. The number of ketones is 1. The van der Waals surface area contributed by atoms with E-state index in [4.69, 9.17) is 9.47 Å². The van der Waals surface area contributed by atoms with Gasteiger partial charge in [-0.2, -0.15) is 0 Å². The zero-order valence-electron chi connectivity index (χ0n) is 12.5. The molecule has 0 aliphatic rings. The summed E-state index contributed by atoms with van der Waals surface area (Å²) in [5.41, 5.74) is 0.598. The molecule has 0 saturated heterocycles. The van der Waals surface area contributed by atoms with E-state index in [9.17, 15) is 4.79 Å². The van der Waals surface area contributed by atoms with Crippen LogP contribution in [0.5, 0.6) is 17.2 Å². The average Bonchev–Trinajstić information content (AvgIpc) is 2.62. The minimum Gasteiger partial charge on any atom is -0.485 e. The molecule has 3 aromatic rings. The van der Waals surface area contributed by atoms with E-state index in [-0.39, 0.29) is 12.4 Å². The zero-order chi connectivity index (χ0) is 15.9. The number of hydrogen-bond donors (Lipinski definition) is 0. The first-order valence-electron chi connectivity index (χ1n) is 7.35. The Morgan fingerprint density at radius 1 is 0.652 bits per heavy atom. The lowest BCUT2D eigenvalue weighted by Crippen LogP contribution is -2.11. The Kier molecular flexibility index (Phi) is 4.69. The molecule has 3 heteroatoms. The monoisotopic (exact) mass is 304 g/mol. The summed E-state index contributed by atoms with van der Waals surface area (Å²) in [6, 6.07) is 25.9. The van der Waals surface area contributed by atoms with E-state index < -0.39 is 0 Å². The maximum absolute atomic E-state index is 12.1. The molecule has 3 aromatic carbocycles. The van der Waals surface area contributed by atoms with Gasteiger partial charge in [-0.3, -0.25) is 4.79 Å². The van der Waals surface area contributed by atoms with Crippen LogP contribution in [0.25, 0.3) is 0 Å². The highest BCUT2D eigenvalue weighted by Crippen LogP contribution is 2.21. The quantitative estimate of drug-likeness (QED) is 0.617. The molecule has 0 unspecified atom stereocenters. The normalized spacial score (nSPS) is 10.1. The summed E-state index contributed by atoms with van der Waals surface area (Å²) in [7, 11) is 0. The Labute approximate surface area is 135 Å². The Balaban J connectivity index is 1.59. The Hall–Kier alpha value is -3.07. The Bertz CT molecular complexity index is 750. The van der Waals surface area contributed by atoms with Crippen LogP contribution < -0.4 is 9.47 Å². The van der Waals surface area contributed by atoms with Gasteiger partial charge in [0.15, 0.2) is 12.4 Å². The van der Waals surface area contributed by atoms with Gasteiger partial charge in [-0.05, 0) is 48.5 Å². The highest BCUT2D eigenvalue weighted by atomic mass is 16.5. The van der Waals surface area contributed by atoms with Gasteiger partial charge in [0.2, 0.25) is 0 Å². The fraction of sp³-hybridized carbons (Fsp3) is 0.0500. The first-order chi connectivity index (χ1) is 11.3. The minimum atomic E-state index is -0.0693. The van der Waals surface area contributed by atoms with Crippen LogP contribution in [0.15, 0.2) is 84.9 Å². The number of carbonyl (C=O) groups is 1. The van der Waals surface area contributed by atoms with Crippen LogP contribution in [0.4, 0.5) is 0 Å². The molecule has 0 N–H and O–H groups in total. The van der Waals surface area contributed by atoms with Crippen molar-refractivity contribution in [1.82, 2.24) is 0 Å². The second-order valence-electron chi connectivity index (χ2n) is 4.96. The van der Waals surface area contributed by atoms with Gasteiger partial charge in [-0.15, -0.1) is 0 Å².